The Morgan fingerprint density at radius 2 is 1.06 bits per heavy atom. The van der Waals surface area contributed by atoms with E-state index in [9.17, 15) is 45.6 Å². The van der Waals surface area contributed by atoms with Crippen molar-refractivity contribution in [3.8, 4) is 0 Å². The molecule has 0 aromatic carbocycles. The summed E-state index contributed by atoms with van der Waals surface area (Å²) in [6.07, 6.45) is -24.9. The summed E-state index contributed by atoms with van der Waals surface area (Å²) < 4.78 is 38.8. The first-order chi connectivity index (χ1) is 22.3. The van der Waals surface area contributed by atoms with Crippen molar-refractivity contribution in [2.24, 2.45) is 5.92 Å². The van der Waals surface area contributed by atoms with Crippen LogP contribution < -0.4 is 5.32 Å². The Morgan fingerprint density at radius 3 is 1.54 bits per heavy atom. The van der Waals surface area contributed by atoms with Crippen molar-refractivity contribution in [3.63, 3.8) is 0 Å². The van der Waals surface area contributed by atoms with Crippen LogP contribution in [0.25, 0.3) is 0 Å². The first-order valence-electron chi connectivity index (χ1n) is 15.6. The zero-order valence-corrected chi connectivity index (χ0v) is 29.0. The number of nitrogens with one attached hydrogen (secondary N) is 1. The van der Waals surface area contributed by atoms with Gasteiger partial charge in [0.15, 0.2) is 18.9 Å². The molecular weight excluding hydrogens is 713 g/mol. The molecule has 9 N–H and O–H groups in total. The number of halogens is 3. The lowest BCUT2D eigenvalue weighted by molar-refractivity contribution is -0.391. The normalized spacial score (nSPS) is 50.6. The number of alkyl halides is 3. The quantitative estimate of drug-likeness (QED) is 0.113. The summed E-state index contributed by atoms with van der Waals surface area (Å²) in [4.78, 5) is 12.5. The summed E-state index contributed by atoms with van der Waals surface area (Å²) in [7, 11) is 0. The first kappa shape index (κ1) is 40.5. The van der Waals surface area contributed by atoms with Gasteiger partial charge in [-0.1, -0.05) is 41.7 Å². The average Bonchev–Trinajstić information content (AvgIpc) is 3.02. The van der Waals surface area contributed by atoms with E-state index >= 15 is 0 Å². The van der Waals surface area contributed by atoms with E-state index in [1.54, 1.807) is 20.8 Å². The Balaban J connectivity index is 1.64. The smallest absolute Gasteiger partial charge is 0.272 e. The van der Waals surface area contributed by atoms with Crippen LogP contribution in [0.15, 0.2) is 0 Å². The van der Waals surface area contributed by atoms with Crippen molar-refractivity contribution in [2.45, 2.75) is 155 Å². The second-order valence-electron chi connectivity index (χ2n) is 12.8. The van der Waals surface area contributed by atoms with Crippen LogP contribution in [0.4, 0.5) is 0 Å². The van der Waals surface area contributed by atoms with Gasteiger partial charge in [-0.05, 0) is 27.7 Å². The molecule has 4 rings (SSSR count). The van der Waals surface area contributed by atoms with Crippen molar-refractivity contribution >= 4 is 40.7 Å². The lowest BCUT2D eigenvalue weighted by Crippen LogP contribution is -2.69. The van der Waals surface area contributed by atoms with Crippen molar-refractivity contribution in [1.82, 2.24) is 5.32 Å². The maximum Gasteiger partial charge on any atom is 0.272 e. The molecule has 0 aromatic rings. The zero-order valence-electron chi connectivity index (χ0n) is 26.7. The number of hydrogen-bond donors (Lipinski definition) is 9. The molecule has 4 aliphatic rings. The zero-order chi connectivity index (χ0) is 36.0. The largest absolute Gasteiger partial charge is 0.394 e. The summed E-state index contributed by atoms with van der Waals surface area (Å²) in [6.45, 7) is 7.34. The molecule has 1 amide bonds. The van der Waals surface area contributed by atoms with E-state index in [-0.39, 0.29) is 12.0 Å². The number of carbonyl (C=O) groups is 1. The van der Waals surface area contributed by atoms with E-state index in [0.717, 1.165) is 0 Å². The van der Waals surface area contributed by atoms with E-state index in [1.165, 1.54) is 13.8 Å². The Hall–Kier alpha value is -0.260. The number of aliphatic hydroxyl groups excluding tert-OH is 8. The van der Waals surface area contributed by atoms with Gasteiger partial charge in [0.2, 0.25) is 0 Å². The Morgan fingerprint density at radius 1 is 0.604 bits per heavy atom. The Bertz CT molecular complexity index is 1060. The highest BCUT2D eigenvalue weighted by Crippen LogP contribution is 2.36. The Kier molecular flexibility index (Phi) is 13.7. The first-order valence-corrected chi connectivity index (χ1v) is 16.7. The van der Waals surface area contributed by atoms with Crippen molar-refractivity contribution in [3.05, 3.63) is 0 Å². The van der Waals surface area contributed by atoms with Crippen LogP contribution in [0.5, 0.6) is 0 Å². The molecule has 280 valence electrons. The molecule has 0 radical (unpaired) electrons. The highest BCUT2D eigenvalue weighted by molar-refractivity contribution is 6.76. The fourth-order valence-corrected chi connectivity index (χ4v) is 6.32. The second-order valence-corrected chi connectivity index (χ2v) is 15.1. The molecule has 4 saturated heterocycles. The van der Waals surface area contributed by atoms with Gasteiger partial charge in [-0.3, -0.25) is 4.79 Å². The molecule has 0 aliphatic carbocycles. The standard InChI is InChI=1S/C28H46Cl3NO16/c1-7-8(2)42-11(5)16(36)21(7)46-25-23(20(40)15(35)9(3)43-25)48-26-22(19(39)14(34)10(4)44-26)47-24-13(32-27(41)28(29,30)31)18(38)17(37)12(6-33)45-24/h7-26,33-40H,6H2,1-5H3,(H,32,41)/t7?,8-,9?,10?,11?,12?,13?,14-,15-,16-,17+,18+,19-,20-,21+,22?,23?,24-,25-,26-/m0/s1. The predicted molar refractivity (Wildman–Crippen MR) is 162 cm³/mol. The third-order valence-corrected chi connectivity index (χ3v) is 9.90. The Labute approximate surface area is 291 Å². The van der Waals surface area contributed by atoms with E-state index in [4.69, 9.17) is 68.0 Å². The summed E-state index contributed by atoms with van der Waals surface area (Å²) >= 11 is 17.0. The molecule has 17 nitrogen and oxygen atoms in total. The van der Waals surface area contributed by atoms with E-state index < -0.39 is 127 Å². The highest BCUT2D eigenvalue weighted by atomic mass is 35.6. The third kappa shape index (κ3) is 8.51. The molecule has 20 atom stereocenters. The van der Waals surface area contributed by atoms with Crippen molar-refractivity contribution in [2.75, 3.05) is 6.61 Å². The van der Waals surface area contributed by atoms with Gasteiger partial charge in [0.25, 0.3) is 9.70 Å². The molecule has 0 spiro atoms. The molecule has 4 heterocycles. The number of aliphatic hydroxyl groups is 8. The van der Waals surface area contributed by atoms with Gasteiger partial charge < -0.3 is 79.3 Å². The number of amides is 1. The molecule has 48 heavy (non-hydrogen) atoms. The van der Waals surface area contributed by atoms with Crippen LogP contribution in [-0.2, 0) is 38.0 Å². The lowest BCUT2D eigenvalue weighted by Gasteiger charge is -2.50. The summed E-state index contributed by atoms with van der Waals surface area (Å²) in [5.41, 5.74) is 0. The molecule has 8 unspecified atom stereocenters. The summed E-state index contributed by atoms with van der Waals surface area (Å²) in [5, 5.41) is 87.9. The maximum absolute atomic E-state index is 12.5. The van der Waals surface area contributed by atoms with Gasteiger partial charge in [0.1, 0.15) is 67.1 Å². The summed E-state index contributed by atoms with van der Waals surface area (Å²) in [6, 6.07) is -1.68. The van der Waals surface area contributed by atoms with E-state index in [2.05, 4.69) is 5.32 Å². The van der Waals surface area contributed by atoms with Gasteiger partial charge in [-0.25, -0.2) is 0 Å². The van der Waals surface area contributed by atoms with Crippen LogP contribution in [0, 0.1) is 5.92 Å². The van der Waals surface area contributed by atoms with E-state index in [1.807, 2.05) is 0 Å². The molecule has 0 bridgehead atoms. The monoisotopic (exact) mass is 757 g/mol. The number of rotatable bonds is 8. The highest BCUT2D eigenvalue weighted by Gasteiger charge is 2.55. The molecule has 4 fully saturated rings. The topological polar surface area (TPSA) is 256 Å². The predicted octanol–water partition coefficient (Wildman–Crippen LogP) is -2.83. The average molecular weight is 759 g/mol. The van der Waals surface area contributed by atoms with Crippen molar-refractivity contribution in [1.29, 1.82) is 0 Å². The maximum atomic E-state index is 12.5. The van der Waals surface area contributed by atoms with E-state index in [0.29, 0.717) is 0 Å². The van der Waals surface area contributed by atoms with Crippen LogP contribution in [-0.4, -0.2) is 174 Å². The van der Waals surface area contributed by atoms with Gasteiger partial charge >= 0.3 is 0 Å². The number of carbonyl (C=O) groups excluding carboxylic acids is 1. The molecule has 20 heteroatoms. The minimum atomic E-state index is -2.52. The summed E-state index contributed by atoms with van der Waals surface area (Å²) in [5.74, 6) is -1.60. The van der Waals surface area contributed by atoms with Gasteiger partial charge in [-0.15, -0.1) is 0 Å². The third-order valence-electron chi connectivity index (χ3n) is 9.38. The SMILES string of the molecule is CC1[C@H](C)OC(C)[C@H](O)[C@@H]1O[C@@H]1OC(C)[C@H](O)[C@H](O)C1O[C@@H]1OC(C)[C@H](O)[C@H](O)C1O[C@@H]1OC(CO)[C@@H](O)[C@H](O)C1NC(=O)C(Cl)(Cl)Cl. The van der Waals surface area contributed by atoms with Crippen LogP contribution in [0.1, 0.15) is 34.6 Å². The van der Waals surface area contributed by atoms with Crippen LogP contribution >= 0.6 is 34.8 Å². The van der Waals surface area contributed by atoms with Gasteiger partial charge in [0, 0.05) is 5.92 Å². The molecule has 0 saturated carbocycles. The van der Waals surface area contributed by atoms with Crippen LogP contribution in [0.2, 0.25) is 0 Å². The second kappa shape index (κ2) is 16.2. The minimum Gasteiger partial charge on any atom is -0.394 e. The number of ether oxygens (including phenoxy) is 7. The number of hydrogen-bond acceptors (Lipinski definition) is 16. The van der Waals surface area contributed by atoms with Gasteiger partial charge in [-0.2, -0.15) is 0 Å². The van der Waals surface area contributed by atoms with Gasteiger partial charge in [0.05, 0.1) is 37.1 Å². The fraction of sp³-hybridized carbons (Fsp3) is 0.964. The molecule has 0 aromatic heterocycles. The fourth-order valence-electron chi connectivity index (χ4n) is 6.16. The van der Waals surface area contributed by atoms with Crippen molar-refractivity contribution < 1.29 is 78.8 Å². The lowest BCUT2D eigenvalue weighted by atomic mass is 9.89. The van der Waals surface area contributed by atoms with Crippen LogP contribution in [0.3, 0.4) is 0 Å². The molecule has 4 aliphatic heterocycles. The molecular formula is C28H46Cl3NO16. The minimum absolute atomic E-state index is 0.330.